The predicted octanol–water partition coefficient (Wildman–Crippen LogP) is 3.67. The van der Waals surface area contributed by atoms with E-state index in [1.54, 1.807) is 45.0 Å². The Morgan fingerprint density at radius 2 is 2.00 bits per heavy atom. The lowest BCUT2D eigenvalue weighted by molar-refractivity contribution is -0.122. The minimum absolute atomic E-state index is 0.0532. The van der Waals surface area contributed by atoms with Gasteiger partial charge in [-0.25, -0.2) is 18.7 Å². The van der Waals surface area contributed by atoms with Gasteiger partial charge in [-0.3, -0.25) is 4.79 Å². The van der Waals surface area contributed by atoms with Crippen molar-refractivity contribution in [2.24, 2.45) is 5.92 Å². The highest BCUT2D eigenvalue weighted by molar-refractivity contribution is 6.34. The molecule has 192 valence electrons. The molecule has 1 aromatic heterocycles. The van der Waals surface area contributed by atoms with E-state index in [0.29, 0.717) is 29.7 Å². The highest BCUT2D eigenvalue weighted by atomic mass is 35.5. The van der Waals surface area contributed by atoms with Crippen LogP contribution in [0.4, 0.5) is 14.6 Å². The Morgan fingerprint density at radius 1 is 1.29 bits per heavy atom. The molecular formula is C24H31ClF2N4O4. The van der Waals surface area contributed by atoms with Crippen molar-refractivity contribution in [3.8, 4) is 11.6 Å². The maximum atomic E-state index is 12.3. The second-order valence-electron chi connectivity index (χ2n) is 9.26. The van der Waals surface area contributed by atoms with Crippen molar-refractivity contribution in [1.29, 1.82) is 0 Å². The summed E-state index contributed by atoms with van der Waals surface area (Å²) in [5.74, 6) is 0.743. The molecule has 11 heteroatoms. The Balaban J connectivity index is 1.51. The first kappa shape index (κ1) is 26.9. The van der Waals surface area contributed by atoms with E-state index in [-0.39, 0.29) is 18.4 Å². The average Bonchev–Trinajstić information content (AvgIpc) is 3.28. The maximum Gasteiger partial charge on any atom is 0.255 e. The van der Waals surface area contributed by atoms with Crippen molar-refractivity contribution in [2.45, 2.75) is 45.1 Å². The summed E-state index contributed by atoms with van der Waals surface area (Å²) in [6, 6.07) is 7.07. The Hall–Kier alpha value is -2.72. The summed E-state index contributed by atoms with van der Waals surface area (Å²) in [6.07, 6.45) is -0.298. The van der Waals surface area contributed by atoms with Crippen LogP contribution in [0.25, 0.3) is 0 Å². The molecule has 1 aliphatic heterocycles. The quantitative estimate of drug-likeness (QED) is 0.474. The van der Waals surface area contributed by atoms with Crippen LogP contribution in [0.5, 0.6) is 11.6 Å². The van der Waals surface area contributed by atoms with E-state index < -0.39 is 30.4 Å². The molecule has 1 amide bonds. The SMILES string of the molecule is CC(C(=O)NCC(F)F)c1ccc(OCC2CCN(c3ncnc(OCC(C)(C)O)c3Cl)C2)cc1. The number of halogens is 3. The van der Waals surface area contributed by atoms with Crippen LogP contribution in [0.1, 0.15) is 38.7 Å². The number of aliphatic hydroxyl groups is 1. The van der Waals surface area contributed by atoms with Crippen LogP contribution >= 0.6 is 11.6 Å². The van der Waals surface area contributed by atoms with Gasteiger partial charge >= 0.3 is 0 Å². The van der Waals surface area contributed by atoms with Gasteiger partial charge in [0.1, 0.15) is 23.7 Å². The summed E-state index contributed by atoms with van der Waals surface area (Å²) >= 11 is 6.47. The van der Waals surface area contributed by atoms with E-state index >= 15 is 0 Å². The molecule has 1 saturated heterocycles. The van der Waals surface area contributed by atoms with Crippen LogP contribution in [-0.2, 0) is 4.79 Å². The second kappa shape index (κ2) is 11.8. The second-order valence-corrected chi connectivity index (χ2v) is 9.63. The molecule has 1 aliphatic rings. The summed E-state index contributed by atoms with van der Waals surface area (Å²) < 4.78 is 36.1. The van der Waals surface area contributed by atoms with Crippen molar-refractivity contribution in [2.75, 3.05) is 37.7 Å². The van der Waals surface area contributed by atoms with Gasteiger partial charge < -0.3 is 24.8 Å². The third-order valence-corrected chi connectivity index (χ3v) is 5.91. The number of rotatable bonds is 11. The van der Waals surface area contributed by atoms with E-state index in [1.165, 1.54) is 6.33 Å². The topological polar surface area (TPSA) is 96.8 Å². The number of hydrogen-bond donors (Lipinski definition) is 2. The van der Waals surface area contributed by atoms with Crippen LogP contribution in [0.3, 0.4) is 0 Å². The monoisotopic (exact) mass is 512 g/mol. The first-order chi connectivity index (χ1) is 16.5. The van der Waals surface area contributed by atoms with Gasteiger partial charge in [-0.05, 0) is 44.9 Å². The Bertz CT molecular complexity index is 988. The number of nitrogens with zero attached hydrogens (tertiary/aromatic N) is 3. The molecule has 2 heterocycles. The first-order valence-corrected chi connectivity index (χ1v) is 11.8. The number of carbonyl (C=O) groups is 1. The summed E-state index contributed by atoms with van der Waals surface area (Å²) in [7, 11) is 0. The standard InChI is InChI=1S/C24H31ClF2N4O4/c1-15(22(32)28-10-19(26)27)17-4-6-18(7-5-17)34-12-16-8-9-31(11-16)21-20(25)23(30-14-29-21)35-13-24(2,3)33/h4-7,14-16,19,33H,8-13H2,1-3H3,(H,28,32). The number of aromatic nitrogens is 2. The zero-order valence-electron chi connectivity index (χ0n) is 20.0. The lowest BCUT2D eigenvalue weighted by Crippen LogP contribution is -2.31. The fraction of sp³-hybridized carbons (Fsp3) is 0.542. The van der Waals surface area contributed by atoms with Crippen molar-refractivity contribution in [1.82, 2.24) is 15.3 Å². The van der Waals surface area contributed by atoms with E-state index in [4.69, 9.17) is 21.1 Å². The van der Waals surface area contributed by atoms with Gasteiger partial charge in [-0.1, -0.05) is 23.7 Å². The van der Waals surface area contributed by atoms with Gasteiger partial charge in [-0.2, -0.15) is 0 Å². The molecule has 2 atom stereocenters. The molecule has 35 heavy (non-hydrogen) atoms. The third-order valence-electron chi connectivity index (χ3n) is 5.58. The molecule has 1 aromatic carbocycles. The Morgan fingerprint density at radius 3 is 2.66 bits per heavy atom. The average molecular weight is 513 g/mol. The molecule has 2 unspecified atom stereocenters. The van der Waals surface area contributed by atoms with E-state index in [2.05, 4.69) is 20.2 Å². The summed E-state index contributed by atoms with van der Waals surface area (Å²) in [5, 5.41) is 12.4. The van der Waals surface area contributed by atoms with Crippen molar-refractivity contribution in [3.05, 3.63) is 41.2 Å². The number of ether oxygens (including phenoxy) is 2. The normalized spacial score (nSPS) is 16.9. The molecule has 0 saturated carbocycles. The Labute approximate surface area is 208 Å². The van der Waals surface area contributed by atoms with Crippen LogP contribution in [-0.4, -0.2) is 65.9 Å². The summed E-state index contributed by atoms with van der Waals surface area (Å²) in [5.41, 5.74) is -0.293. The molecule has 2 aromatic rings. The molecule has 0 bridgehead atoms. The zero-order chi connectivity index (χ0) is 25.6. The molecule has 1 fully saturated rings. The van der Waals surface area contributed by atoms with Crippen molar-refractivity contribution < 1.29 is 28.2 Å². The lowest BCUT2D eigenvalue weighted by atomic mass is 10.0. The fourth-order valence-electron chi connectivity index (χ4n) is 3.62. The number of carbonyl (C=O) groups excluding carboxylic acids is 1. The number of hydrogen-bond acceptors (Lipinski definition) is 7. The lowest BCUT2D eigenvalue weighted by Gasteiger charge is -2.21. The van der Waals surface area contributed by atoms with Gasteiger partial charge in [0.15, 0.2) is 5.82 Å². The zero-order valence-corrected chi connectivity index (χ0v) is 20.8. The fourth-order valence-corrected chi connectivity index (χ4v) is 3.89. The van der Waals surface area contributed by atoms with E-state index in [9.17, 15) is 18.7 Å². The number of amides is 1. The largest absolute Gasteiger partial charge is 0.493 e. The highest BCUT2D eigenvalue weighted by Gasteiger charge is 2.27. The van der Waals surface area contributed by atoms with Gasteiger partial charge in [-0.15, -0.1) is 0 Å². The molecule has 8 nitrogen and oxygen atoms in total. The molecular weight excluding hydrogens is 482 g/mol. The highest BCUT2D eigenvalue weighted by Crippen LogP contribution is 2.34. The van der Waals surface area contributed by atoms with Crippen molar-refractivity contribution in [3.63, 3.8) is 0 Å². The molecule has 2 N–H and O–H groups in total. The van der Waals surface area contributed by atoms with Crippen LogP contribution in [0.15, 0.2) is 30.6 Å². The number of alkyl halides is 2. The molecule has 0 aliphatic carbocycles. The summed E-state index contributed by atoms with van der Waals surface area (Å²) in [4.78, 5) is 22.4. The first-order valence-electron chi connectivity index (χ1n) is 11.4. The number of anilines is 1. The van der Waals surface area contributed by atoms with Crippen LogP contribution < -0.4 is 19.7 Å². The van der Waals surface area contributed by atoms with Gasteiger partial charge in [0.25, 0.3) is 6.43 Å². The van der Waals surface area contributed by atoms with Crippen LogP contribution in [0.2, 0.25) is 5.02 Å². The molecule has 0 spiro atoms. The van der Waals surface area contributed by atoms with Crippen molar-refractivity contribution >= 4 is 23.3 Å². The predicted molar refractivity (Wildman–Crippen MR) is 129 cm³/mol. The molecule has 3 rings (SSSR count). The van der Waals surface area contributed by atoms with E-state index in [0.717, 1.165) is 18.5 Å². The number of benzene rings is 1. The van der Waals surface area contributed by atoms with Gasteiger partial charge in [0.2, 0.25) is 11.8 Å². The van der Waals surface area contributed by atoms with Gasteiger partial charge in [0, 0.05) is 19.0 Å². The summed E-state index contributed by atoms with van der Waals surface area (Å²) in [6.45, 7) is 6.27. The van der Waals surface area contributed by atoms with Crippen LogP contribution in [0, 0.1) is 5.92 Å². The Kier molecular flexibility index (Phi) is 9.07. The molecule has 0 radical (unpaired) electrons. The van der Waals surface area contributed by atoms with E-state index in [1.807, 2.05) is 0 Å². The smallest absolute Gasteiger partial charge is 0.255 e. The number of nitrogens with one attached hydrogen (secondary N) is 1. The van der Waals surface area contributed by atoms with Gasteiger partial charge in [0.05, 0.1) is 24.7 Å². The maximum absolute atomic E-state index is 12.3. The minimum Gasteiger partial charge on any atom is -0.493 e. The third kappa shape index (κ3) is 7.90. The minimum atomic E-state index is -2.58.